The molecule has 0 aliphatic carbocycles. The summed E-state index contributed by atoms with van der Waals surface area (Å²) >= 11 is 0. The Hall–Kier alpha value is -1.22. The van der Waals surface area contributed by atoms with Gasteiger partial charge in [-0.1, -0.05) is 19.4 Å². The van der Waals surface area contributed by atoms with Crippen LogP contribution in [0.3, 0.4) is 0 Å². The number of aliphatic hydroxyl groups excluding tert-OH is 1. The first-order chi connectivity index (χ1) is 7.26. The van der Waals surface area contributed by atoms with Crippen molar-refractivity contribution in [3.05, 3.63) is 24.3 Å². The van der Waals surface area contributed by atoms with Gasteiger partial charge < -0.3 is 14.9 Å². The summed E-state index contributed by atoms with van der Waals surface area (Å²) in [5, 5.41) is 18.3. The average Bonchev–Trinajstić information content (AvgIpc) is 2.24. The van der Waals surface area contributed by atoms with Gasteiger partial charge in [0.1, 0.15) is 11.5 Å². The summed E-state index contributed by atoms with van der Waals surface area (Å²) in [4.78, 5) is 0. The lowest BCUT2D eigenvalue weighted by atomic mass is 10.1. The molecule has 0 amide bonds. The molecule has 1 atom stereocenters. The topological polar surface area (TPSA) is 49.7 Å². The van der Waals surface area contributed by atoms with Crippen molar-refractivity contribution < 1.29 is 14.9 Å². The van der Waals surface area contributed by atoms with Crippen LogP contribution in [0.2, 0.25) is 0 Å². The van der Waals surface area contributed by atoms with E-state index in [1.165, 1.54) is 0 Å². The molecule has 0 saturated carbocycles. The molecule has 1 aromatic carbocycles. The highest BCUT2D eigenvalue weighted by Gasteiger charge is 2.07. The second-order valence-corrected chi connectivity index (χ2v) is 3.65. The first-order valence-corrected chi connectivity index (χ1v) is 5.29. The van der Waals surface area contributed by atoms with Gasteiger partial charge in [0.25, 0.3) is 0 Å². The Balaban J connectivity index is 2.41. The third kappa shape index (κ3) is 4.21. The fourth-order valence-electron chi connectivity index (χ4n) is 1.42. The molecule has 15 heavy (non-hydrogen) atoms. The van der Waals surface area contributed by atoms with Gasteiger partial charge in [0.05, 0.1) is 6.61 Å². The van der Waals surface area contributed by atoms with Crippen LogP contribution in [0.5, 0.6) is 11.5 Å². The minimum absolute atomic E-state index is 0.145. The zero-order chi connectivity index (χ0) is 11.1. The van der Waals surface area contributed by atoms with E-state index in [-0.39, 0.29) is 18.3 Å². The van der Waals surface area contributed by atoms with Gasteiger partial charge in [-0.3, -0.25) is 0 Å². The predicted molar refractivity (Wildman–Crippen MR) is 59.1 cm³/mol. The molecule has 0 spiro atoms. The lowest BCUT2D eigenvalue weighted by molar-refractivity contribution is 0.155. The molecule has 84 valence electrons. The van der Waals surface area contributed by atoms with Gasteiger partial charge in [0.2, 0.25) is 0 Å². The summed E-state index contributed by atoms with van der Waals surface area (Å²) in [6, 6.07) is 6.70. The SMILES string of the molecule is CCCC(CO)COc1cccc(O)c1. The van der Waals surface area contributed by atoms with Gasteiger partial charge in [0.15, 0.2) is 0 Å². The van der Waals surface area contributed by atoms with Crippen LogP contribution in [0.1, 0.15) is 19.8 Å². The van der Waals surface area contributed by atoms with Gasteiger partial charge in [0, 0.05) is 18.6 Å². The van der Waals surface area contributed by atoms with Crippen LogP contribution in [0.4, 0.5) is 0 Å². The number of benzene rings is 1. The van der Waals surface area contributed by atoms with Crippen molar-refractivity contribution in [2.24, 2.45) is 5.92 Å². The minimum atomic E-state index is 0.145. The lowest BCUT2D eigenvalue weighted by Crippen LogP contribution is -2.15. The molecule has 0 aliphatic rings. The molecule has 3 heteroatoms. The van der Waals surface area contributed by atoms with Gasteiger partial charge in [-0.2, -0.15) is 0 Å². The van der Waals surface area contributed by atoms with E-state index in [0.717, 1.165) is 12.8 Å². The molecule has 2 N–H and O–H groups in total. The lowest BCUT2D eigenvalue weighted by Gasteiger charge is -2.14. The second-order valence-electron chi connectivity index (χ2n) is 3.65. The molecule has 0 radical (unpaired) electrons. The molecule has 0 saturated heterocycles. The third-order valence-electron chi connectivity index (χ3n) is 2.26. The Bertz CT molecular complexity index is 286. The van der Waals surface area contributed by atoms with E-state index in [0.29, 0.717) is 12.4 Å². The number of aliphatic hydroxyl groups is 1. The maximum Gasteiger partial charge on any atom is 0.122 e. The van der Waals surface area contributed by atoms with E-state index in [1.807, 2.05) is 0 Å². The highest BCUT2D eigenvalue weighted by atomic mass is 16.5. The summed E-state index contributed by atoms with van der Waals surface area (Å²) in [6.07, 6.45) is 1.99. The molecule has 0 heterocycles. The molecule has 0 aliphatic heterocycles. The van der Waals surface area contributed by atoms with Crippen LogP contribution in [0.15, 0.2) is 24.3 Å². The maximum atomic E-state index is 9.21. The van der Waals surface area contributed by atoms with E-state index in [4.69, 9.17) is 9.84 Å². The predicted octanol–water partition coefficient (Wildman–Crippen LogP) is 2.18. The van der Waals surface area contributed by atoms with Crippen LogP contribution >= 0.6 is 0 Å². The Kier molecular flexibility index (Phi) is 4.98. The Morgan fingerprint density at radius 2 is 2.20 bits per heavy atom. The maximum absolute atomic E-state index is 9.21. The van der Waals surface area contributed by atoms with Gasteiger partial charge in [-0.05, 0) is 18.6 Å². The highest BCUT2D eigenvalue weighted by Crippen LogP contribution is 2.18. The van der Waals surface area contributed by atoms with E-state index in [9.17, 15) is 5.11 Å². The molecular weight excluding hydrogens is 192 g/mol. The second kappa shape index (κ2) is 6.30. The van der Waals surface area contributed by atoms with Crippen molar-refractivity contribution in [3.8, 4) is 11.5 Å². The van der Waals surface area contributed by atoms with E-state index in [1.54, 1.807) is 24.3 Å². The highest BCUT2D eigenvalue weighted by molar-refractivity contribution is 5.31. The first-order valence-electron chi connectivity index (χ1n) is 5.29. The van der Waals surface area contributed by atoms with Crippen molar-refractivity contribution in [2.45, 2.75) is 19.8 Å². The normalized spacial score (nSPS) is 12.4. The Morgan fingerprint density at radius 1 is 1.40 bits per heavy atom. The molecule has 1 aromatic rings. The Labute approximate surface area is 90.3 Å². The number of aromatic hydroxyl groups is 1. The van der Waals surface area contributed by atoms with Crippen LogP contribution in [0.25, 0.3) is 0 Å². The molecule has 1 unspecified atom stereocenters. The standard InChI is InChI=1S/C12H18O3/c1-2-4-10(8-13)9-15-12-6-3-5-11(14)7-12/h3,5-7,10,13-14H,2,4,8-9H2,1H3. The zero-order valence-corrected chi connectivity index (χ0v) is 9.02. The van der Waals surface area contributed by atoms with Crippen molar-refractivity contribution in [1.29, 1.82) is 0 Å². The fourth-order valence-corrected chi connectivity index (χ4v) is 1.42. The summed E-state index contributed by atoms with van der Waals surface area (Å²) in [7, 11) is 0. The molecule has 0 fully saturated rings. The molecule has 0 bridgehead atoms. The smallest absolute Gasteiger partial charge is 0.122 e. The summed E-state index contributed by atoms with van der Waals surface area (Å²) in [5.41, 5.74) is 0. The first kappa shape index (κ1) is 11.9. The molecular formula is C12H18O3. The van der Waals surface area contributed by atoms with Crippen molar-refractivity contribution in [1.82, 2.24) is 0 Å². The summed E-state index contributed by atoms with van der Waals surface area (Å²) in [6.45, 7) is 2.72. The number of phenolic OH excluding ortho intramolecular Hbond substituents is 1. The largest absolute Gasteiger partial charge is 0.508 e. The van der Waals surface area contributed by atoms with E-state index < -0.39 is 0 Å². The Morgan fingerprint density at radius 3 is 2.80 bits per heavy atom. The van der Waals surface area contributed by atoms with Crippen molar-refractivity contribution >= 4 is 0 Å². The zero-order valence-electron chi connectivity index (χ0n) is 9.02. The van der Waals surface area contributed by atoms with Gasteiger partial charge in [-0.15, -0.1) is 0 Å². The third-order valence-corrected chi connectivity index (χ3v) is 2.26. The number of phenols is 1. The number of rotatable bonds is 6. The molecule has 3 nitrogen and oxygen atoms in total. The van der Waals surface area contributed by atoms with Crippen LogP contribution < -0.4 is 4.74 Å². The molecule has 1 rings (SSSR count). The van der Waals surface area contributed by atoms with E-state index >= 15 is 0 Å². The number of hydrogen-bond donors (Lipinski definition) is 2. The number of ether oxygens (including phenoxy) is 1. The van der Waals surface area contributed by atoms with Crippen LogP contribution in [0, 0.1) is 5.92 Å². The summed E-state index contributed by atoms with van der Waals surface area (Å²) < 4.78 is 5.47. The quantitative estimate of drug-likeness (QED) is 0.756. The van der Waals surface area contributed by atoms with Crippen LogP contribution in [-0.2, 0) is 0 Å². The average molecular weight is 210 g/mol. The monoisotopic (exact) mass is 210 g/mol. The van der Waals surface area contributed by atoms with Gasteiger partial charge in [-0.25, -0.2) is 0 Å². The fraction of sp³-hybridized carbons (Fsp3) is 0.500. The van der Waals surface area contributed by atoms with Crippen molar-refractivity contribution in [3.63, 3.8) is 0 Å². The molecule has 0 aromatic heterocycles. The summed E-state index contributed by atoms with van der Waals surface area (Å²) in [5.74, 6) is 1.02. The van der Waals surface area contributed by atoms with E-state index in [2.05, 4.69) is 6.92 Å². The van der Waals surface area contributed by atoms with Crippen molar-refractivity contribution in [2.75, 3.05) is 13.2 Å². The number of hydrogen-bond acceptors (Lipinski definition) is 3. The van der Waals surface area contributed by atoms with Crippen LogP contribution in [-0.4, -0.2) is 23.4 Å². The minimum Gasteiger partial charge on any atom is -0.508 e. The van der Waals surface area contributed by atoms with Gasteiger partial charge >= 0.3 is 0 Å².